The van der Waals surface area contributed by atoms with Crippen molar-refractivity contribution in [2.75, 3.05) is 5.88 Å². The Morgan fingerprint density at radius 2 is 2.06 bits per heavy atom. The summed E-state index contributed by atoms with van der Waals surface area (Å²) in [5.41, 5.74) is 2.47. The topological polar surface area (TPSA) is 29.1 Å². The number of hydrogen-bond donors (Lipinski definition) is 1. The Kier molecular flexibility index (Phi) is 4.58. The highest BCUT2D eigenvalue weighted by Crippen LogP contribution is 2.15. The van der Waals surface area contributed by atoms with Crippen molar-refractivity contribution in [3.8, 4) is 0 Å². The zero-order valence-electron chi connectivity index (χ0n) is 10.9. The molecule has 0 aliphatic heterocycles. The SMILES string of the molecule is CCC(C)(CCl)NC(=O)c1cc(C)ccc1C. The first-order valence-corrected chi connectivity index (χ1v) is 6.41. The summed E-state index contributed by atoms with van der Waals surface area (Å²) in [6.07, 6.45) is 0.813. The van der Waals surface area contributed by atoms with Crippen LogP contribution in [0, 0.1) is 13.8 Å². The Labute approximate surface area is 108 Å². The van der Waals surface area contributed by atoms with Gasteiger partial charge >= 0.3 is 0 Å². The average molecular weight is 254 g/mol. The van der Waals surface area contributed by atoms with Crippen molar-refractivity contribution >= 4 is 17.5 Å². The molecule has 1 N–H and O–H groups in total. The van der Waals surface area contributed by atoms with E-state index in [9.17, 15) is 4.79 Å². The van der Waals surface area contributed by atoms with Crippen LogP contribution in [0.2, 0.25) is 0 Å². The second-order valence-electron chi connectivity index (χ2n) is 4.82. The van der Waals surface area contributed by atoms with Gasteiger partial charge in [-0.25, -0.2) is 0 Å². The molecule has 17 heavy (non-hydrogen) atoms. The van der Waals surface area contributed by atoms with Crippen molar-refractivity contribution in [3.63, 3.8) is 0 Å². The van der Waals surface area contributed by atoms with Gasteiger partial charge in [0, 0.05) is 11.4 Å². The molecule has 1 aromatic carbocycles. The Morgan fingerprint density at radius 3 is 2.59 bits per heavy atom. The van der Waals surface area contributed by atoms with Crippen LogP contribution >= 0.6 is 11.6 Å². The van der Waals surface area contributed by atoms with Crippen LogP contribution in [0.15, 0.2) is 18.2 Å². The molecule has 0 fully saturated rings. The smallest absolute Gasteiger partial charge is 0.252 e. The first-order valence-electron chi connectivity index (χ1n) is 5.87. The van der Waals surface area contributed by atoms with Gasteiger partial charge in [0.2, 0.25) is 0 Å². The number of halogens is 1. The molecule has 2 nitrogen and oxygen atoms in total. The lowest BCUT2D eigenvalue weighted by atomic mass is 9.99. The zero-order chi connectivity index (χ0) is 13.1. The van der Waals surface area contributed by atoms with Gasteiger partial charge in [-0.15, -0.1) is 11.6 Å². The summed E-state index contributed by atoms with van der Waals surface area (Å²) in [7, 11) is 0. The molecule has 3 heteroatoms. The van der Waals surface area contributed by atoms with Gasteiger partial charge in [-0.3, -0.25) is 4.79 Å². The van der Waals surface area contributed by atoms with E-state index in [-0.39, 0.29) is 11.4 Å². The molecule has 0 bridgehead atoms. The number of nitrogens with one attached hydrogen (secondary N) is 1. The van der Waals surface area contributed by atoms with Crippen LogP contribution in [0.4, 0.5) is 0 Å². The second-order valence-corrected chi connectivity index (χ2v) is 5.09. The Bertz CT molecular complexity index is 411. The van der Waals surface area contributed by atoms with Crippen molar-refractivity contribution in [2.24, 2.45) is 0 Å². The van der Waals surface area contributed by atoms with Gasteiger partial charge in [-0.1, -0.05) is 24.6 Å². The highest BCUT2D eigenvalue weighted by molar-refractivity contribution is 6.18. The molecule has 0 saturated carbocycles. The quantitative estimate of drug-likeness (QED) is 0.819. The van der Waals surface area contributed by atoms with Crippen molar-refractivity contribution in [3.05, 3.63) is 34.9 Å². The number of benzene rings is 1. The zero-order valence-corrected chi connectivity index (χ0v) is 11.7. The lowest BCUT2D eigenvalue weighted by molar-refractivity contribution is 0.0911. The number of hydrogen-bond acceptors (Lipinski definition) is 1. The first kappa shape index (κ1) is 14.0. The minimum atomic E-state index is -0.338. The van der Waals surface area contributed by atoms with Crippen LogP contribution in [-0.2, 0) is 0 Å². The summed E-state index contributed by atoms with van der Waals surface area (Å²) in [5, 5.41) is 3.01. The number of alkyl halides is 1. The molecule has 1 rings (SSSR count). The summed E-state index contributed by atoms with van der Waals surface area (Å²) >= 11 is 5.90. The maximum absolute atomic E-state index is 12.2. The van der Waals surface area contributed by atoms with Crippen LogP contribution < -0.4 is 5.32 Å². The molecule has 0 aliphatic carbocycles. The van der Waals surface area contributed by atoms with Crippen LogP contribution in [0.5, 0.6) is 0 Å². The van der Waals surface area contributed by atoms with E-state index in [0.717, 1.165) is 23.1 Å². The lowest BCUT2D eigenvalue weighted by Crippen LogP contribution is -2.47. The van der Waals surface area contributed by atoms with Gasteiger partial charge < -0.3 is 5.32 Å². The number of rotatable bonds is 4. The van der Waals surface area contributed by atoms with E-state index in [4.69, 9.17) is 11.6 Å². The van der Waals surface area contributed by atoms with E-state index in [1.165, 1.54) is 0 Å². The highest BCUT2D eigenvalue weighted by Gasteiger charge is 2.24. The molecule has 0 aliphatic rings. The molecule has 0 radical (unpaired) electrons. The van der Waals surface area contributed by atoms with Gasteiger partial charge in [-0.2, -0.15) is 0 Å². The highest BCUT2D eigenvalue weighted by atomic mass is 35.5. The molecule has 94 valence electrons. The fourth-order valence-electron chi connectivity index (χ4n) is 1.54. The number of amides is 1. The third-order valence-corrected chi connectivity index (χ3v) is 3.72. The van der Waals surface area contributed by atoms with Gasteiger partial charge in [0.05, 0.1) is 5.54 Å². The predicted octanol–water partition coefficient (Wildman–Crippen LogP) is 3.44. The van der Waals surface area contributed by atoms with Gasteiger partial charge in [-0.05, 0) is 38.8 Å². The van der Waals surface area contributed by atoms with Gasteiger partial charge in [0.15, 0.2) is 0 Å². The van der Waals surface area contributed by atoms with Crippen molar-refractivity contribution < 1.29 is 4.79 Å². The minimum Gasteiger partial charge on any atom is -0.346 e. The Morgan fingerprint density at radius 1 is 1.41 bits per heavy atom. The molecular formula is C14H20ClNO. The fraction of sp³-hybridized carbons (Fsp3) is 0.500. The number of carbonyl (C=O) groups excluding carboxylic acids is 1. The number of carbonyl (C=O) groups is 1. The summed E-state index contributed by atoms with van der Waals surface area (Å²) in [4.78, 5) is 12.2. The van der Waals surface area contributed by atoms with Crippen LogP contribution in [0.3, 0.4) is 0 Å². The summed E-state index contributed by atoms with van der Waals surface area (Å²) < 4.78 is 0. The van der Waals surface area contributed by atoms with Crippen molar-refractivity contribution in [2.45, 2.75) is 39.7 Å². The fourth-order valence-corrected chi connectivity index (χ4v) is 1.79. The predicted molar refractivity (Wildman–Crippen MR) is 72.8 cm³/mol. The number of aryl methyl sites for hydroxylation is 2. The van der Waals surface area contributed by atoms with E-state index >= 15 is 0 Å². The van der Waals surface area contributed by atoms with Crippen LogP contribution in [-0.4, -0.2) is 17.3 Å². The van der Waals surface area contributed by atoms with E-state index in [1.54, 1.807) is 0 Å². The summed E-state index contributed by atoms with van der Waals surface area (Å²) in [6.45, 7) is 7.91. The molecule has 1 aromatic rings. The van der Waals surface area contributed by atoms with Crippen LogP contribution in [0.1, 0.15) is 41.8 Å². The van der Waals surface area contributed by atoms with Crippen LogP contribution in [0.25, 0.3) is 0 Å². The van der Waals surface area contributed by atoms with Gasteiger partial charge in [0.25, 0.3) is 5.91 Å². The molecule has 1 amide bonds. The Balaban J connectivity index is 2.94. The largest absolute Gasteiger partial charge is 0.346 e. The molecule has 0 spiro atoms. The third kappa shape index (κ3) is 3.47. The molecule has 0 aromatic heterocycles. The Hall–Kier alpha value is -1.02. The van der Waals surface area contributed by atoms with E-state index in [0.29, 0.717) is 5.88 Å². The normalized spacial score (nSPS) is 14.2. The van der Waals surface area contributed by atoms with Crippen molar-refractivity contribution in [1.29, 1.82) is 0 Å². The maximum atomic E-state index is 12.2. The molecule has 1 unspecified atom stereocenters. The monoisotopic (exact) mass is 253 g/mol. The standard InChI is InChI=1S/C14H20ClNO/c1-5-14(4,9-15)16-13(17)12-8-10(2)6-7-11(12)3/h6-8H,5,9H2,1-4H3,(H,16,17). The summed E-state index contributed by atoms with van der Waals surface area (Å²) in [6, 6.07) is 5.88. The lowest BCUT2D eigenvalue weighted by Gasteiger charge is -2.27. The maximum Gasteiger partial charge on any atom is 0.252 e. The first-order chi connectivity index (χ1) is 7.91. The molecular weight excluding hydrogens is 234 g/mol. The third-order valence-electron chi connectivity index (χ3n) is 3.13. The minimum absolute atomic E-state index is 0.0452. The van der Waals surface area contributed by atoms with E-state index in [2.05, 4.69) is 5.32 Å². The molecule has 0 saturated heterocycles. The molecule has 0 heterocycles. The van der Waals surface area contributed by atoms with Gasteiger partial charge in [0.1, 0.15) is 0 Å². The van der Waals surface area contributed by atoms with Crippen molar-refractivity contribution in [1.82, 2.24) is 5.32 Å². The average Bonchev–Trinajstić information content (AvgIpc) is 2.32. The second kappa shape index (κ2) is 5.54. The van der Waals surface area contributed by atoms with E-state index in [1.807, 2.05) is 45.9 Å². The molecule has 1 atom stereocenters. The summed E-state index contributed by atoms with van der Waals surface area (Å²) in [5.74, 6) is 0.372. The van der Waals surface area contributed by atoms with E-state index < -0.39 is 0 Å².